The summed E-state index contributed by atoms with van der Waals surface area (Å²) >= 11 is 0. The first-order valence-corrected chi connectivity index (χ1v) is 33.1. The molecule has 0 saturated heterocycles. The fourth-order valence-corrected chi connectivity index (χ4v) is 9.96. The molecule has 3 atom stereocenters. The second-order valence-corrected chi connectivity index (χ2v) is 24.2. The zero-order valence-electron chi connectivity index (χ0n) is 49.5. The van der Waals surface area contributed by atoms with Gasteiger partial charge in [-0.05, 0) is 70.6 Å². The first-order valence-electron chi connectivity index (χ1n) is 31.7. The summed E-state index contributed by atoms with van der Waals surface area (Å²) in [5.41, 5.74) is 0. The van der Waals surface area contributed by atoms with Gasteiger partial charge in [0.25, 0.3) is 7.82 Å². The van der Waals surface area contributed by atoms with E-state index >= 15 is 0 Å². The van der Waals surface area contributed by atoms with Crippen LogP contribution < -0.4 is 10.2 Å². The summed E-state index contributed by atoms with van der Waals surface area (Å²) in [6, 6.07) is -0.903. The van der Waals surface area contributed by atoms with Gasteiger partial charge in [0.2, 0.25) is 5.91 Å². The van der Waals surface area contributed by atoms with Crippen LogP contribution in [0, 0.1) is 0 Å². The van der Waals surface area contributed by atoms with Gasteiger partial charge in [0, 0.05) is 6.42 Å². The summed E-state index contributed by atoms with van der Waals surface area (Å²) in [4.78, 5) is 25.5. The lowest BCUT2D eigenvalue weighted by atomic mass is 10.0. The molecule has 0 saturated carbocycles. The van der Waals surface area contributed by atoms with Crippen LogP contribution in [0.15, 0.2) is 60.8 Å². The first kappa shape index (κ1) is 72.2. The Morgan fingerprint density at radius 3 is 1.19 bits per heavy atom. The molecule has 0 spiro atoms. The molecule has 434 valence electrons. The largest absolute Gasteiger partial charge is 0.756 e. The number of nitrogens with zero attached hydrogens (tertiary/aromatic N) is 1. The minimum Gasteiger partial charge on any atom is -0.756 e. The topological polar surface area (TPSA) is 108 Å². The van der Waals surface area contributed by atoms with Gasteiger partial charge in [0.15, 0.2) is 0 Å². The van der Waals surface area contributed by atoms with Crippen LogP contribution in [0.5, 0.6) is 0 Å². The molecule has 0 aliphatic heterocycles. The summed E-state index contributed by atoms with van der Waals surface area (Å²) in [5, 5.41) is 13.9. The third-order valence-electron chi connectivity index (χ3n) is 14.2. The van der Waals surface area contributed by atoms with Crippen molar-refractivity contribution in [2.24, 2.45) is 0 Å². The molecule has 0 aliphatic rings. The average Bonchev–Trinajstić information content (AvgIpc) is 3.36. The number of hydrogen-bond acceptors (Lipinski definition) is 6. The van der Waals surface area contributed by atoms with Crippen LogP contribution in [-0.4, -0.2) is 68.5 Å². The van der Waals surface area contributed by atoms with Gasteiger partial charge < -0.3 is 28.8 Å². The van der Waals surface area contributed by atoms with Crippen molar-refractivity contribution < 1.29 is 32.9 Å². The standard InChI is InChI=1S/C65H123N2O6P/c1-6-8-10-12-14-16-18-20-22-23-24-25-26-27-28-29-30-31-32-33-34-35-36-37-38-39-40-41-42-43-45-47-49-51-53-55-57-59-65(69)66-63(62-73-74(70,71)72-61-60-67(3,4)5)64(68)58-56-54-52-50-48-46-44-21-19-17-15-13-11-9-7-2/h18,20,23-24,26-27,48,50,56,58,63-64,68H,6-17,19,21-22,25,28-47,49,51-55,57,59-62H2,1-5H3,(H-,66,69,70,71)/b20-18-,24-23-,27-26-,50-48+,58-56+. The molecule has 0 aromatic heterocycles. The van der Waals surface area contributed by atoms with E-state index in [1.807, 2.05) is 27.2 Å². The highest BCUT2D eigenvalue weighted by Gasteiger charge is 2.23. The van der Waals surface area contributed by atoms with Gasteiger partial charge in [-0.1, -0.05) is 280 Å². The van der Waals surface area contributed by atoms with Gasteiger partial charge in [-0.2, -0.15) is 0 Å². The number of allylic oxidation sites excluding steroid dienone is 9. The highest BCUT2D eigenvalue weighted by molar-refractivity contribution is 7.45. The summed E-state index contributed by atoms with van der Waals surface area (Å²) in [6.07, 6.45) is 76.2. The number of amides is 1. The number of aliphatic hydroxyl groups is 1. The third kappa shape index (κ3) is 57.9. The summed E-state index contributed by atoms with van der Waals surface area (Å²) in [5.74, 6) is -0.204. The molecule has 0 rings (SSSR count). The number of rotatable bonds is 58. The minimum absolute atomic E-state index is 0.00608. The van der Waals surface area contributed by atoms with Crippen LogP contribution >= 0.6 is 7.82 Å². The Morgan fingerprint density at radius 2 is 0.797 bits per heavy atom. The van der Waals surface area contributed by atoms with Crippen molar-refractivity contribution in [1.29, 1.82) is 0 Å². The van der Waals surface area contributed by atoms with Gasteiger partial charge >= 0.3 is 0 Å². The third-order valence-corrected chi connectivity index (χ3v) is 15.2. The van der Waals surface area contributed by atoms with E-state index < -0.39 is 26.6 Å². The Morgan fingerprint density at radius 1 is 0.473 bits per heavy atom. The van der Waals surface area contributed by atoms with E-state index in [2.05, 4.69) is 67.8 Å². The molecule has 8 nitrogen and oxygen atoms in total. The van der Waals surface area contributed by atoms with Crippen LogP contribution in [0.25, 0.3) is 0 Å². The molecule has 74 heavy (non-hydrogen) atoms. The molecule has 2 N–H and O–H groups in total. The molecule has 0 aliphatic carbocycles. The van der Waals surface area contributed by atoms with Crippen molar-refractivity contribution in [2.75, 3.05) is 40.9 Å². The maximum absolute atomic E-state index is 13.0. The summed E-state index contributed by atoms with van der Waals surface area (Å²) in [6.45, 7) is 4.63. The number of hydrogen-bond donors (Lipinski definition) is 2. The molecule has 1 amide bonds. The van der Waals surface area contributed by atoms with E-state index in [1.165, 1.54) is 225 Å². The quantitative estimate of drug-likeness (QED) is 0.0272. The van der Waals surface area contributed by atoms with Gasteiger partial charge in [-0.15, -0.1) is 0 Å². The molecule has 0 heterocycles. The number of aliphatic hydroxyl groups excluding tert-OH is 1. The average molecular weight is 1060 g/mol. The van der Waals surface area contributed by atoms with Gasteiger partial charge in [0.05, 0.1) is 39.9 Å². The number of phosphoric ester groups is 1. The van der Waals surface area contributed by atoms with Crippen molar-refractivity contribution in [3.63, 3.8) is 0 Å². The fraction of sp³-hybridized carbons (Fsp3) is 0.831. The lowest BCUT2D eigenvalue weighted by Crippen LogP contribution is -2.45. The Hall–Kier alpha value is -1.80. The Kier molecular flexibility index (Phi) is 54.6. The molecule has 0 radical (unpaired) electrons. The van der Waals surface area contributed by atoms with Crippen molar-refractivity contribution in [3.05, 3.63) is 60.8 Å². The number of nitrogens with one attached hydrogen (secondary N) is 1. The zero-order chi connectivity index (χ0) is 54.2. The Bertz CT molecular complexity index is 1390. The molecular weight excluding hydrogens is 936 g/mol. The van der Waals surface area contributed by atoms with E-state index in [4.69, 9.17) is 9.05 Å². The SMILES string of the molecule is CCCCCCC/C=C\C/C=C\C/C=C\CCCCCCCCCCCCCCCCCCCCCCCCC(=O)NC(COP(=O)([O-])OCC[N+](C)(C)C)C(O)/C=C/CC/C=C/CCCCCCCCCCC. The maximum atomic E-state index is 13.0. The number of quaternary nitrogens is 1. The van der Waals surface area contributed by atoms with Crippen molar-refractivity contribution in [3.8, 4) is 0 Å². The van der Waals surface area contributed by atoms with Gasteiger partial charge in [-0.3, -0.25) is 9.36 Å². The number of carbonyl (C=O) groups is 1. The molecule has 3 unspecified atom stereocenters. The molecule has 9 heteroatoms. The van der Waals surface area contributed by atoms with Crippen molar-refractivity contribution in [2.45, 2.75) is 309 Å². The maximum Gasteiger partial charge on any atom is 0.268 e. The van der Waals surface area contributed by atoms with E-state index in [0.29, 0.717) is 17.4 Å². The predicted octanol–water partition coefficient (Wildman–Crippen LogP) is 19.0. The second-order valence-electron chi connectivity index (χ2n) is 22.8. The van der Waals surface area contributed by atoms with E-state index in [-0.39, 0.29) is 12.5 Å². The van der Waals surface area contributed by atoms with Gasteiger partial charge in [-0.25, -0.2) is 0 Å². The number of unbranched alkanes of at least 4 members (excludes halogenated alkanes) is 37. The molecule has 0 fully saturated rings. The normalized spacial score (nSPS) is 14.2. The highest BCUT2D eigenvalue weighted by atomic mass is 31.2. The lowest BCUT2D eigenvalue weighted by molar-refractivity contribution is -0.870. The molecular formula is C65H123N2O6P. The highest BCUT2D eigenvalue weighted by Crippen LogP contribution is 2.38. The monoisotopic (exact) mass is 1060 g/mol. The number of phosphoric acid groups is 1. The minimum atomic E-state index is -4.60. The van der Waals surface area contributed by atoms with Crippen LogP contribution in [0.4, 0.5) is 0 Å². The van der Waals surface area contributed by atoms with Crippen molar-refractivity contribution >= 4 is 13.7 Å². The van der Waals surface area contributed by atoms with E-state index in [9.17, 15) is 19.4 Å². The predicted molar refractivity (Wildman–Crippen MR) is 321 cm³/mol. The van der Waals surface area contributed by atoms with Crippen LogP contribution in [0.2, 0.25) is 0 Å². The first-order chi connectivity index (χ1) is 36.0. The molecule has 0 bridgehead atoms. The Labute approximate surface area is 460 Å². The van der Waals surface area contributed by atoms with Crippen LogP contribution in [0.3, 0.4) is 0 Å². The van der Waals surface area contributed by atoms with E-state index in [1.54, 1.807) is 6.08 Å². The van der Waals surface area contributed by atoms with Crippen LogP contribution in [0.1, 0.15) is 296 Å². The van der Waals surface area contributed by atoms with Crippen molar-refractivity contribution in [1.82, 2.24) is 5.32 Å². The fourth-order valence-electron chi connectivity index (χ4n) is 9.24. The number of carbonyl (C=O) groups excluding carboxylic acids is 1. The summed E-state index contributed by atoms with van der Waals surface area (Å²) in [7, 11) is 1.25. The van der Waals surface area contributed by atoms with E-state index in [0.717, 1.165) is 51.4 Å². The number of likely N-dealkylation sites (N-methyl/N-ethyl adjacent to an activating group) is 1. The zero-order valence-corrected chi connectivity index (χ0v) is 50.4. The smallest absolute Gasteiger partial charge is 0.268 e. The second kappa shape index (κ2) is 55.9. The summed E-state index contributed by atoms with van der Waals surface area (Å²) < 4.78 is 23.3. The molecule has 0 aromatic rings. The van der Waals surface area contributed by atoms with Crippen LogP contribution in [-0.2, 0) is 18.4 Å². The molecule has 0 aromatic carbocycles. The Balaban J connectivity index is 3.97. The lowest BCUT2D eigenvalue weighted by Gasteiger charge is -2.29. The van der Waals surface area contributed by atoms with Gasteiger partial charge in [0.1, 0.15) is 13.2 Å².